The summed E-state index contributed by atoms with van der Waals surface area (Å²) < 4.78 is 5.37. The molecule has 162 valence electrons. The van der Waals surface area contributed by atoms with Gasteiger partial charge in [0.1, 0.15) is 5.75 Å². The van der Waals surface area contributed by atoms with E-state index < -0.39 is 0 Å². The van der Waals surface area contributed by atoms with Crippen LogP contribution in [-0.4, -0.2) is 77.1 Å². The van der Waals surface area contributed by atoms with E-state index in [4.69, 9.17) is 4.74 Å². The zero-order valence-corrected chi connectivity index (χ0v) is 18.8. The van der Waals surface area contributed by atoms with Crippen LogP contribution in [-0.2, 0) is 4.79 Å². The molecule has 1 aliphatic carbocycles. The van der Waals surface area contributed by atoms with Crippen molar-refractivity contribution in [3.8, 4) is 5.75 Å². The molecule has 1 aliphatic rings. The average Bonchev–Trinajstić information content (AvgIpc) is 3.19. The number of likely N-dealkylation sites (N-methyl/N-ethyl adjacent to an activating group) is 1. The van der Waals surface area contributed by atoms with Crippen LogP contribution in [0.15, 0.2) is 29.3 Å². The fourth-order valence-corrected chi connectivity index (χ4v) is 4.11. The molecule has 1 saturated carbocycles. The van der Waals surface area contributed by atoms with Crippen LogP contribution in [0.4, 0.5) is 0 Å². The van der Waals surface area contributed by atoms with Gasteiger partial charge in [0, 0.05) is 34.2 Å². The minimum atomic E-state index is -0.325. The van der Waals surface area contributed by atoms with E-state index in [1.165, 1.54) is 5.56 Å². The first-order valence-electron chi connectivity index (χ1n) is 10.3. The lowest BCUT2D eigenvalue weighted by atomic mass is 9.84. The van der Waals surface area contributed by atoms with Gasteiger partial charge in [-0.1, -0.05) is 25.0 Å². The van der Waals surface area contributed by atoms with E-state index >= 15 is 0 Å². The highest BCUT2D eigenvalue weighted by atomic mass is 16.5. The van der Waals surface area contributed by atoms with Gasteiger partial charge in [-0.05, 0) is 44.6 Å². The Balaban J connectivity index is 2.02. The molecule has 0 radical (unpaired) electrons. The first-order valence-corrected chi connectivity index (χ1v) is 10.3. The van der Waals surface area contributed by atoms with Crippen LogP contribution < -0.4 is 15.4 Å². The number of carbonyl (C=O) groups excluding carboxylic acids is 1. The Morgan fingerprint density at radius 1 is 1.21 bits per heavy atom. The fourth-order valence-electron chi connectivity index (χ4n) is 4.11. The average molecular weight is 404 g/mol. The Hall–Kier alpha value is -2.28. The molecular formula is C22H37N5O2. The van der Waals surface area contributed by atoms with Gasteiger partial charge in [-0.15, -0.1) is 0 Å². The van der Waals surface area contributed by atoms with Crippen molar-refractivity contribution >= 4 is 11.9 Å². The maximum Gasteiger partial charge on any atom is 0.230 e. The second kappa shape index (κ2) is 10.5. The van der Waals surface area contributed by atoms with Crippen LogP contribution in [0, 0.1) is 5.41 Å². The summed E-state index contributed by atoms with van der Waals surface area (Å²) >= 11 is 0. The highest BCUT2D eigenvalue weighted by Gasteiger charge is 2.42. The van der Waals surface area contributed by atoms with Crippen molar-refractivity contribution < 1.29 is 9.53 Å². The van der Waals surface area contributed by atoms with Crippen molar-refractivity contribution in [1.29, 1.82) is 0 Å². The summed E-state index contributed by atoms with van der Waals surface area (Å²) in [4.78, 5) is 21.0. The molecule has 1 fully saturated rings. The maximum absolute atomic E-state index is 12.8. The second-order valence-electron chi connectivity index (χ2n) is 8.25. The summed E-state index contributed by atoms with van der Waals surface area (Å²) in [6.45, 7) is 1.30. The topological polar surface area (TPSA) is 69.2 Å². The van der Waals surface area contributed by atoms with Crippen LogP contribution in [0.3, 0.4) is 0 Å². The number of aliphatic imine (C=N–C) groups is 1. The molecule has 1 aromatic rings. The molecule has 0 bridgehead atoms. The molecule has 7 heteroatoms. The van der Waals surface area contributed by atoms with Crippen molar-refractivity contribution in [2.75, 3.05) is 55.4 Å². The van der Waals surface area contributed by atoms with Gasteiger partial charge in [-0.25, -0.2) is 0 Å². The van der Waals surface area contributed by atoms with Crippen molar-refractivity contribution in [3.05, 3.63) is 29.8 Å². The van der Waals surface area contributed by atoms with Gasteiger partial charge in [-0.2, -0.15) is 0 Å². The molecule has 1 amide bonds. The number of nitrogens with one attached hydrogen (secondary N) is 2. The number of rotatable bonds is 8. The third-order valence-electron chi connectivity index (χ3n) is 5.80. The normalized spacial score (nSPS) is 17.1. The fraction of sp³-hybridized carbons (Fsp3) is 0.636. The van der Waals surface area contributed by atoms with E-state index in [2.05, 4.69) is 46.8 Å². The van der Waals surface area contributed by atoms with E-state index in [0.717, 1.165) is 37.4 Å². The van der Waals surface area contributed by atoms with Crippen molar-refractivity contribution in [2.45, 2.75) is 31.7 Å². The predicted molar refractivity (Wildman–Crippen MR) is 118 cm³/mol. The van der Waals surface area contributed by atoms with Crippen LogP contribution in [0.5, 0.6) is 5.75 Å². The monoisotopic (exact) mass is 403 g/mol. The first-order chi connectivity index (χ1) is 13.8. The number of methoxy groups -OCH3 is 1. The molecule has 1 unspecified atom stereocenters. The lowest BCUT2D eigenvalue weighted by Gasteiger charge is -2.32. The summed E-state index contributed by atoms with van der Waals surface area (Å²) in [7, 11) is 11.2. The van der Waals surface area contributed by atoms with Gasteiger partial charge in [0.05, 0.1) is 18.6 Å². The predicted octanol–water partition coefficient (Wildman–Crippen LogP) is 2.11. The number of benzene rings is 1. The highest BCUT2D eigenvalue weighted by molar-refractivity contribution is 5.85. The van der Waals surface area contributed by atoms with Crippen molar-refractivity contribution in [2.24, 2.45) is 10.4 Å². The Labute approximate surface area is 175 Å². The summed E-state index contributed by atoms with van der Waals surface area (Å²) in [5.74, 6) is 1.78. The molecule has 29 heavy (non-hydrogen) atoms. The van der Waals surface area contributed by atoms with E-state index in [1.807, 2.05) is 26.2 Å². The molecule has 0 heterocycles. The molecular weight excluding hydrogens is 366 g/mol. The third kappa shape index (κ3) is 5.85. The Bertz CT molecular complexity index is 696. The van der Waals surface area contributed by atoms with Crippen LogP contribution in [0.25, 0.3) is 0 Å². The highest BCUT2D eigenvalue weighted by Crippen LogP contribution is 2.38. The lowest BCUT2D eigenvalue weighted by Crippen LogP contribution is -2.50. The molecule has 0 spiro atoms. The molecule has 2 rings (SSSR count). The molecule has 2 N–H and O–H groups in total. The number of guanidine groups is 1. The smallest absolute Gasteiger partial charge is 0.230 e. The van der Waals surface area contributed by atoms with Gasteiger partial charge in [0.25, 0.3) is 0 Å². The quantitative estimate of drug-likeness (QED) is 0.514. The summed E-state index contributed by atoms with van der Waals surface area (Å²) in [6, 6.07) is 8.29. The number of carbonyl (C=O) groups is 1. The third-order valence-corrected chi connectivity index (χ3v) is 5.80. The Kier molecular flexibility index (Phi) is 8.32. The standard InChI is InChI=1S/C22H37N5O2/c1-23-21(25-16-22(12-7-8-13-22)20(28)27(4)5)24-15-19(26(2)3)17-10-9-11-18(14-17)29-6/h9-11,14,19H,7-8,12-13,15-16H2,1-6H3,(H2,23,24,25). The van der Waals surface area contributed by atoms with Gasteiger partial charge < -0.3 is 25.2 Å². The SMILES string of the molecule is CN=C(NCC(c1cccc(OC)c1)N(C)C)NCC1(C(=O)N(C)C)CCCC1. The first kappa shape index (κ1) is 23.0. The van der Waals surface area contributed by atoms with Gasteiger partial charge >= 0.3 is 0 Å². The summed E-state index contributed by atoms with van der Waals surface area (Å²) in [5, 5.41) is 6.83. The van der Waals surface area contributed by atoms with Crippen LogP contribution in [0.2, 0.25) is 0 Å². The minimum absolute atomic E-state index is 0.160. The molecule has 1 aromatic carbocycles. The Morgan fingerprint density at radius 2 is 1.90 bits per heavy atom. The largest absolute Gasteiger partial charge is 0.497 e. The number of ether oxygens (including phenoxy) is 1. The van der Waals surface area contributed by atoms with Crippen LogP contribution in [0.1, 0.15) is 37.3 Å². The number of nitrogens with zero attached hydrogens (tertiary/aromatic N) is 3. The van der Waals surface area contributed by atoms with Gasteiger partial charge in [0.2, 0.25) is 5.91 Å². The number of hydrogen-bond acceptors (Lipinski definition) is 4. The lowest BCUT2D eigenvalue weighted by molar-refractivity contribution is -0.138. The molecule has 0 saturated heterocycles. The van der Waals surface area contributed by atoms with Crippen LogP contribution >= 0.6 is 0 Å². The summed E-state index contributed by atoms with van der Waals surface area (Å²) in [6.07, 6.45) is 4.06. The molecule has 0 aromatic heterocycles. The van der Waals surface area contributed by atoms with E-state index in [1.54, 1.807) is 19.1 Å². The minimum Gasteiger partial charge on any atom is -0.497 e. The number of amides is 1. The van der Waals surface area contributed by atoms with Crippen molar-refractivity contribution in [3.63, 3.8) is 0 Å². The molecule has 1 atom stereocenters. The maximum atomic E-state index is 12.8. The van der Waals surface area contributed by atoms with E-state index in [0.29, 0.717) is 13.1 Å². The van der Waals surface area contributed by atoms with E-state index in [9.17, 15) is 4.79 Å². The van der Waals surface area contributed by atoms with Crippen molar-refractivity contribution in [1.82, 2.24) is 20.4 Å². The summed E-state index contributed by atoms with van der Waals surface area (Å²) in [5.41, 5.74) is 0.849. The van der Waals surface area contributed by atoms with E-state index in [-0.39, 0.29) is 17.4 Å². The zero-order chi connectivity index (χ0) is 21.4. The van der Waals surface area contributed by atoms with Gasteiger partial charge in [0.15, 0.2) is 5.96 Å². The molecule has 0 aliphatic heterocycles. The van der Waals surface area contributed by atoms with Gasteiger partial charge in [-0.3, -0.25) is 9.79 Å². The number of hydrogen-bond donors (Lipinski definition) is 2. The second-order valence-corrected chi connectivity index (χ2v) is 8.25. The Morgan fingerprint density at radius 3 is 2.45 bits per heavy atom. The molecule has 7 nitrogen and oxygen atoms in total. The zero-order valence-electron chi connectivity index (χ0n) is 18.8.